The van der Waals surface area contributed by atoms with E-state index in [2.05, 4.69) is 4.98 Å². The summed E-state index contributed by atoms with van der Waals surface area (Å²) < 4.78 is 2.42. The molecule has 2 aromatic heterocycles. The number of fused-ring (bicyclic) bond motifs is 1. The summed E-state index contributed by atoms with van der Waals surface area (Å²) in [5, 5.41) is 0.386. The molecule has 130 valence electrons. The van der Waals surface area contributed by atoms with E-state index in [1.165, 1.54) is 23.4 Å². The standard InChI is InChI=1S/C16H22N4O3S/c1-6-20(7-2)11(21)9-24-13-10(3)8-17-14-12(13)15(22)19(5)16(23)18(14)4/h8H,6-7,9H2,1-5H3. The number of rotatable bonds is 5. The van der Waals surface area contributed by atoms with Gasteiger partial charge < -0.3 is 4.90 Å². The molecule has 0 bridgehead atoms. The third-order valence-corrected chi connectivity index (χ3v) is 5.26. The zero-order chi connectivity index (χ0) is 18.0. The Hall–Kier alpha value is -2.09. The molecule has 0 aliphatic rings. The molecule has 0 atom stereocenters. The average Bonchev–Trinajstić information content (AvgIpc) is 2.57. The van der Waals surface area contributed by atoms with Gasteiger partial charge in [-0.1, -0.05) is 0 Å². The molecule has 0 aliphatic carbocycles. The predicted molar refractivity (Wildman–Crippen MR) is 95.6 cm³/mol. The van der Waals surface area contributed by atoms with E-state index in [-0.39, 0.29) is 17.2 Å². The van der Waals surface area contributed by atoms with E-state index in [1.54, 1.807) is 18.1 Å². The molecule has 1 amide bonds. The van der Waals surface area contributed by atoms with E-state index < -0.39 is 5.69 Å². The van der Waals surface area contributed by atoms with Gasteiger partial charge in [0.25, 0.3) is 5.56 Å². The van der Waals surface area contributed by atoms with Crippen LogP contribution >= 0.6 is 11.8 Å². The summed E-state index contributed by atoms with van der Waals surface area (Å²) in [6.07, 6.45) is 1.63. The number of amides is 1. The van der Waals surface area contributed by atoms with Crippen molar-refractivity contribution in [2.45, 2.75) is 25.7 Å². The summed E-state index contributed by atoms with van der Waals surface area (Å²) in [5.41, 5.74) is 0.350. The van der Waals surface area contributed by atoms with Gasteiger partial charge >= 0.3 is 5.69 Å². The Labute approximate surface area is 144 Å². The van der Waals surface area contributed by atoms with Crippen molar-refractivity contribution in [1.82, 2.24) is 19.0 Å². The zero-order valence-electron chi connectivity index (χ0n) is 14.6. The minimum absolute atomic E-state index is 0.0241. The minimum Gasteiger partial charge on any atom is -0.343 e. The fourth-order valence-corrected chi connectivity index (χ4v) is 3.64. The summed E-state index contributed by atoms with van der Waals surface area (Å²) in [6.45, 7) is 7.03. The molecule has 7 nitrogen and oxygen atoms in total. The molecule has 0 saturated heterocycles. The van der Waals surface area contributed by atoms with Crippen molar-refractivity contribution in [2.75, 3.05) is 18.8 Å². The number of hydrogen-bond acceptors (Lipinski definition) is 5. The number of carbonyl (C=O) groups excluding carboxylic acids is 1. The van der Waals surface area contributed by atoms with Crippen LogP contribution < -0.4 is 11.2 Å². The number of aryl methyl sites for hydroxylation is 2. The van der Waals surface area contributed by atoms with Gasteiger partial charge in [-0.3, -0.25) is 18.7 Å². The number of aromatic nitrogens is 3. The normalized spacial score (nSPS) is 11.0. The number of pyridine rings is 1. The van der Waals surface area contributed by atoms with Gasteiger partial charge in [0.05, 0.1) is 11.1 Å². The van der Waals surface area contributed by atoms with Crippen molar-refractivity contribution in [3.8, 4) is 0 Å². The maximum absolute atomic E-state index is 12.6. The third-order valence-electron chi connectivity index (χ3n) is 4.06. The van der Waals surface area contributed by atoms with Crippen LogP contribution in [-0.4, -0.2) is 43.8 Å². The van der Waals surface area contributed by atoms with Crippen molar-refractivity contribution in [3.63, 3.8) is 0 Å². The highest BCUT2D eigenvalue weighted by Gasteiger charge is 2.18. The van der Waals surface area contributed by atoms with Crippen LogP contribution in [-0.2, 0) is 18.9 Å². The second-order valence-electron chi connectivity index (χ2n) is 5.53. The monoisotopic (exact) mass is 350 g/mol. The van der Waals surface area contributed by atoms with Crippen LogP contribution in [0.25, 0.3) is 11.0 Å². The van der Waals surface area contributed by atoms with Crippen LogP contribution in [0.2, 0.25) is 0 Å². The van der Waals surface area contributed by atoms with Crippen LogP contribution in [0.15, 0.2) is 20.7 Å². The molecular weight excluding hydrogens is 328 g/mol. The third kappa shape index (κ3) is 3.10. The molecule has 8 heteroatoms. The fourth-order valence-electron chi connectivity index (χ4n) is 2.58. The second kappa shape index (κ2) is 7.21. The summed E-state index contributed by atoms with van der Waals surface area (Å²) >= 11 is 1.32. The average molecular weight is 350 g/mol. The van der Waals surface area contributed by atoms with E-state index in [9.17, 15) is 14.4 Å². The molecule has 2 heterocycles. The minimum atomic E-state index is -0.418. The van der Waals surface area contributed by atoms with Crippen LogP contribution in [0, 0.1) is 6.92 Å². The SMILES string of the molecule is CCN(CC)C(=O)CSc1c(C)cnc2c1c(=O)n(C)c(=O)n2C. The van der Waals surface area contributed by atoms with E-state index in [0.29, 0.717) is 29.0 Å². The lowest BCUT2D eigenvalue weighted by atomic mass is 10.2. The highest BCUT2D eigenvalue weighted by atomic mass is 32.2. The highest BCUT2D eigenvalue weighted by Crippen LogP contribution is 2.27. The fraction of sp³-hybridized carbons (Fsp3) is 0.500. The molecule has 0 spiro atoms. The molecule has 0 aromatic carbocycles. The van der Waals surface area contributed by atoms with Crippen molar-refractivity contribution < 1.29 is 4.79 Å². The van der Waals surface area contributed by atoms with E-state index in [0.717, 1.165) is 10.1 Å². The van der Waals surface area contributed by atoms with Gasteiger partial charge in [-0.05, 0) is 26.3 Å². The number of carbonyl (C=O) groups is 1. The topological polar surface area (TPSA) is 77.2 Å². The van der Waals surface area contributed by atoms with Gasteiger partial charge in [0.1, 0.15) is 5.65 Å². The van der Waals surface area contributed by atoms with Gasteiger partial charge in [-0.25, -0.2) is 9.78 Å². The van der Waals surface area contributed by atoms with Gasteiger partial charge in [0.2, 0.25) is 5.91 Å². The Kier molecular flexibility index (Phi) is 5.48. The number of thioether (sulfide) groups is 1. The Balaban J connectivity index is 2.55. The Morgan fingerprint density at radius 3 is 2.42 bits per heavy atom. The van der Waals surface area contributed by atoms with Gasteiger partial charge in [0.15, 0.2) is 0 Å². The first-order chi connectivity index (χ1) is 11.3. The number of nitrogens with zero attached hydrogens (tertiary/aromatic N) is 4. The summed E-state index contributed by atoms with van der Waals surface area (Å²) in [7, 11) is 3.03. The van der Waals surface area contributed by atoms with Crippen LogP contribution in [0.5, 0.6) is 0 Å². The van der Waals surface area contributed by atoms with Crippen molar-refractivity contribution in [3.05, 3.63) is 32.6 Å². The quantitative estimate of drug-likeness (QED) is 0.749. The lowest BCUT2D eigenvalue weighted by molar-refractivity contribution is -0.127. The van der Waals surface area contributed by atoms with Gasteiger partial charge in [0, 0.05) is 38.3 Å². The Morgan fingerprint density at radius 2 is 1.83 bits per heavy atom. The molecule has 2 aromatic rings. The summed E-state index contributed by atoms with van der Waals surface area (Å²) in [4.78, 5) is 43.6. The van der Waals surface area contributed by atoms with Crippen molar-refractivity contribution in [2.24, 2.45) is 14.1 Å². The molecule has 0 unspecified atom stereocenters. The Morgan fingerprint density at radius 1 is 1.21 bits per heavy atom. The molecular formula is C16H22N4O3S. The van der Waals surface area contributed by atoms with E-state index in [4.69, 9.17) is 0 Å². The number of hydrogen-bond donors (Lipinski definition) is 0. The lowest BCUT2D eigenvalue weighted by Crippen LogP contribution is -2.37. The molecule has 0 aliphatic heterocycles. The lowest BCUT2D eigenvalue weighted by Gasteiger charge is -2.19. The molecule has 2 rings (SSSR count). The van der Waals surface area contributed by atoms with E-state index in [1.807, 2.05) is 20.8 Å². The van der Waals surface area contributed by atoms with Crippen LogP contribution in [0.3, 0.4) is 0 Å². The van der Waals surface area contributed by atoms with E-state index >= 15 is 0 Å². The van der Waals surface area contributed by atoms with Crippen molar-refractivity contribution >= 4 is 28.7 Å². The van der Waals surface area contributed by atoms with Gasteiger partial charge in [-0.2, -0.15) is 0 Å². The Bertz CT molecular complexity index is 897. The molecule has 24 heavy (non-hydrogen) atoms. The zero-order valence-corrected chi connectivity index (χ0v) is 15.4. The smallest absolute Gasteiger partial charge is 0.332 e. The molecule has 0 fully saturated rings. The molecule has 0 saturated carbocycles. The first-order valence-electron chi connectivity index (χ1n) is 7.79. The summed E-state index contributed by atoms with van der Waals surface area (Å²) in [5.74, 6) is 0.268. The molecule has 0 N–H and O–H groups in total. The molecule has 0 radical (unpaired) electrons. The largest absolute Gasteiger partial charge is 0.343 e. The summed E-state index contributed by atoms with van der Waals surface area (Å²) in [6, 6.07) is 0. The first kappa shape index (κ1) is 18.3. The van der Waals surface area contributed by atoms with Crippen molar-refractivity contribution in [1.29, 1.82) is 0 Å². The highest BCUT2D eigenvalue weighted by molar-refractivity contribution is 8.00. The van der Waals surface area contributed by atoms with Gasteiger partial charge in [-0.15, -0.1) is 11.8 Å². The predicted octanol–water partition coefficient (Wildman–Crippen LogP) is 0.901. The first-order valence-corrected chi connectivity index (χ1v) is 8.77. The maximum atomic E-state index is 12.6. The second-order valence-corrected chi connectivity index (χ2v) is 6.52. The van der Waals surface area contributed by atoms with Crippen LogP contribution in [0.4, 0.5) is 0 Å². The van der Waals surface area contributed by atoms with Crippen LogP contribution in [0.1, 0.15) is 19.4 Å². The maximum Gasteiger partial charge on any atom is 0.332 e.